The molecule has 1 aliphatic carbocycles. The van der Waals surface area contributed by atoms with Crippen LogP contribution in [0.5, 0.6) is 0 Å². The number of aromatic nitrogens is 2. The molecule has 0 unspecified atom stereocenters. The monoisotopic (exact) mass is 379 g/mol. The van der Waals surface area contributed by atoms with Crippen LogP contribution in [0.15, 0.2) is 48.7 Å². The summed E-state index contributed by atoms with van der Waals surface area (Å²) < 4.78 is 25.9. The van der Waals surface area contributed by atoms with E-state index in [4.69, 9.17) is 0 Å². The highest BCUT2D eigenvalue weighted by Crippen LogP contribution is 2.42. The predicted molar refractivity (Wildman–Crippen MR) is 101 cm³/mol. The van der Waals surface area contributed by atoms with Crippen LogP contribution in [0.1, 0.15) is 28.0 Å². The Hall–Kier alpha value is -2.98. The van der Waals surface area contributed by atoms with Gasteiger partial charge in [0.25, 0.3) is 0 Å². The number of rotatable bonds is 3. The maximum atomic E-state index is 13.5. The Bertz CT molecular complexity index is 1210. The summed E-state index contributed by atoms with van der Waals surface area (Å²) in [5.74, 6) is -0.324. The lowest BCUT2D eigenvalue weighted by Gasteiger charge is -2.30. The van der Waals surface area contributed by atoms with Gasteiger partial charge < -0.3 is 0 Å². The van der Waals surface area contributed by atoms with E-state index in [0.29, 0.717) is 29.5 Å². The van der Waals surface area contributed by atoms with Gasteiger partial charge >= 0.3 is 0 Å². The first-order chi connectivity index (χ1) is 12.9. The van der Waals surface area contributed by atoms with E-state index >= 15 is 0 Å². The number of carbonyl (C=O) groups is 1. The second-order valence-electron chi connectivity index (χ2n) is 6.91. The first-order valence-electron chi connectivity index (χ1n) is 8.56. The van der Waals surface area contributed by atoms with Gasteiger partial charge in [-0.2, -0.15) is 5.26 Å². The average molecular weight is 379 g/mol. The van der Waals surface area contributed by atoms with E-state index < -0.39 is 15.4 Å². The molecule has 0 saturated carbocycles. The molecule has 0 N–H and O–H groups in total. The van der Waals surface area contributed by atoms with E-state index in [2.05, 4.69) is 11.1 Å². The number of nitrogens with zero attached hydrogens (tertiary/aromatic N) is 3. The zero-order chi connectivity index (χ0) is 19.2. The summed E-state index contributed by atoms with van der Waals surface area (Å²) >= 11 is 0. The Morgan fingerprint density at radius 1 is 1.22 bits per heavy atom. The Morgan fingerprint density at radius 3 is 2.63 bits per heavy atom. The Morgan fingerprint density at radius 2 is 1.96 bits per heavy atom. The van der Waals surface area contributed by atoms with Crippen molar-refractivity contribution in [3.05, 3.63) is 65.5 Å². The molecule has 0 bridgehead atoms. The number of Topliss-reactive ketones (excluding diaryl/α,β-unsaturated/α-hetero) is 1. The topological polar surface area (TPSA) is 92.8 Å². The number of pyridine rings is 1. The Labute approximate surface area is 157 Å². The van der Waals surface area contributed by atoms with Crippen LogP contribution in [0.25, 0.3) is 11.0 Å². The van der Waals surface area contributed by atoms with Crippen molar-refractivity contribution in [1.29, 1.82) is 5.26 Å². The molecule has 0 fully saturated rings. The highest BCUT2D eigenvalue weighted by Gasteiger charge is 2.46. The van der Waals surface area contributed by atoms with E-state index in [-0.39, 0.29) is 17.9 Å². The molecule has 0 saturated heterocycles. The first kappa shape index (κ1) is 17.4. The summed E-state index contributed by atoms with van der Waals surface area (Å²) in [6.07, 6.45) is 3.50. The van der Waals surface area contributed by atoms with Gasteiger partial charge in [-0.15, -0.1) is 0 Å². The van der Waals surface area contributed by atoms with Crippen LogP contribution in [-0.4, -0.2) is 29.4 Å². The number of carbonyl (C=O) groups excluding carboxylic acids is 1. The Balaban J connectivity index is 1.94. The molecule has 6 nitrogen and oxygen atoms in total. The smallest absolute Gasteiger partial charge is 0.237 e. The predicted octanol–water partition coefficient (Wildman–Crippen LogP) is 2.73. The number of hydrogen-bond acceptors (Lipinski definition) is 5. The molecule has 0 radical (unpaired) electrons. The second-order valence-corrected chi connectivity index (χ2v) is 8.74. The van der Waals surface area contributed by atoms with Crippen LogP contribution in [-0.2, 0) is 22.9 Å². The summed E-state index contributed by atoms with van der Waals surface area (Å²) in [7, 11) is -3.63. The lowest BCUT2D eigenvalue weighted by Crippen LogP contribution is -2.37. The number of nitriles is 1. The van der Waals surface area contributed by atoms with Crippen LogP contribution < -0.4 is 0 Å². The summed E-state index contributed by atoms with van der Waals surface area (Å²) in [5.41, 5.74) is 0.677. The van der Waals surface area contributed by atoms with Gasteiger partial charge in [-0.25, -0.2) is 17.4 Å². The van der Waals surface area contributed by atoms with Gasteiger partial charge in [-0.05, 0) is 37.0 Å². The minimum atomic E-state index is -3.63. The van der Waals surface area contributed by atoms with Crippen LogP contribution >= 0.6 is 0 Å². The minimum absolute atomic E-state index is 0.242. The fourth-order valence-electron chi connectivity index (χ4n) is 3.92. The molecule has 27 heavy (non-hydrogen) atoms. The fourth-order valence-corrected chi connectivity index (χ4v) is 4.96. The van der Waals surface area contributed by atoms with Crippen molar-refractivity contribution < 1.29 is 13.2 Å². The molecule has 4 rings (SSSR count). The maximum Gasteiger partial charge on any atom is 0.237 e. The van der Waals surface area contributed by atoms with Crippen LogP contribution in [0.2, 0.25) is 0 Å². The summed E-state index contributed by atoms with van der Waals surface area (Å²) in [6.45, 7) is 0. The molecule has 2 heterocycles. The van der Waals surface area contributed by atoms with Gasteiger partial charge in [0.15, 0.2) is 11.4 Å². The third-order valence-electron chi connectivity index (χ3n) is 5.13. The van der Waals surface area contributed by atoms with Crippen molar-refractivity contribution in [3.63, 3.8) is 0 Å². The minimum Gasteiger partial charge on any atom is -0.292 e. The molecule has 1 aromatic carbocycles. The van der Waals surface area contributed by atoms with Gasteiger partial charge in [0.1, 0.15) is 5.41 Å². The number of ketones is 1. The van der Waals surface area contributed by atoms with Crippen LogP contribution in [0.4, 0.5) is 0 Å². The standard InChI is InChI=1S/C20H17N3O3S/c1-27(25,26)23-16-9-10-20(13-21,12-14-6-3-2-4-7-14)18(24)17(16)15-8-5-11-22-19(15)23/h2-8,11H,9-10,12H2,1H3/t20-/m1/s1. The van der Waals surface area contributed by atoms with Crippen LogP contribution in [0, 0.1) is 16.7 Å². The average Bonchev–Trinajstić information content (AvgIpc) is 3.00. The van der Waals surface area contributed by atoms with E-state index in [1.165, 1.54) is 6.20 Å². The molecule has 0 spiro atoms. The van der Waals surface area contributed by atoms with Crippen molar-refractivity contribution in [2.24, 2.45) is 5.41 Å². The second kappa shape index (κ2) is 6.03. The van der Waals surface area contributed by atoms with E-state index in [0.717, 1.165) is 15.8 Å². The SMILES string of the molecule is CS(=O)(=O)n1c2c(c3cccnc31)C(=O)[C@@](C#N)(Cc1ccccc1)CC2. The summed E-state index contributed by atoms with van der Waals surface area (Å²) in [6, 6.07) is 15.0. The number of benzene rings is 1. The van der Waals surface area contributed by atoms with E-state index in [1.807, 2.05) is 30.3 Å². The van der Waals surface area contributed by atoms with Crippen molar-refractivity contribution in [1.82, 2.24) is 8.96 Å². The summed E-state index contributed by atoms with van der Waals surface area (Å²) in [5, 5.41) is 10.4. The normalized spacial score (nSPS) is 19.6. The molecule has 3 aromatic rings. The fraction of sp³-hybridized carbons (Fsp3) is 0.250. The molecule has 136 valence electrons. The van der Waals surface area contributed by atoms with Gasteiger partial charge in [0.2, 0.25) is 10.0 Å². The maximum absolute atomic E-state index is 13.5. The molecular formula is C20H17N3O3S. The molecule has 0 aliphatic heterocycles. The first-order valence-corrected chi connectivity index (χ1v) is 10.4. The van der Waals surface area contributed by atoms with E-state index in [1.54, 1.807) is 12.1 Å². The quantitative estimate of drug-likeness (QED) is 0.698. The van der Waals surface area contributed by atoms with Crippen molar-refractivity contribution in [2.45, 2.75) is 19.3 Å². The van der Waals surface area contributed by atoms with E-state index in [9.17, 15) is 18.5 Å². The Kier molecular flexibility index (Phi) is 3.89. The van der Waals surface area contributed by atoms with Crippen LogP contribution in [0.3, 0.4) is 0 Å². The molecule has 0 amide bonds. The van der Waals surface area contributed by atoms with Gasteiger partial charge in [-0.1, -0.05) is 30.3 Å². The highest BCUT2D eigenvalue weighted by atomic mass is 32.2. The summed E-state index contributed by atoms with van der Waals surface area (Å²) in [4.78, 5) is 17.7. The third-order valence-corrected chi connectivity index (χ3v) is 6.18. The van der Waals surface area contributed by atoms with Crippen molar-refractivity contribution in [2.75, 3.05) is 6.26 Å². The lowest BCUT2D eigenvalue weighted by molar-refractivity contribution is 0.0835. The number of hydrogen-bond donors (Lipinski definition) is 0. The molecule has 1 aliphatic rings. The highest BCUT2D eigenvalue weighted by molar-refractivity contribution is 7.89. The van der Waals surface area contributed by atoms with Gasteiger partial charge in [-0.3, -0.25) is 4.79 Å². The van der Waals surface area contributed by atoms with Gasteiger partial charge in [0.05, 0.1) is 17.9 Å². The molecule has 1 atom stereocenters. The molecule has 2 aromatic heterocycles. The van der Waals surface area contributed by atoms with Crippen molar-refractivity contribution in [3.8, 4) is 6.07 Å². The van der Waals surface area contributed by atoms with Gasteiger partial charge in [0, 0.05) is 17.3 Å². The zero-order valence-corrected chi connectivity index (χ0v) is 15.5. The lowest BCUT2D eigenvalue weighted by atomic mass is 9.69. The van der Waals surface area contributed by atoms with Crippen molar-refractivity contribution >= 4 is 26.8 Å². The largest absolute Gasteiger partial charge is 0.292 e. The third kappa shape index (κ3) is 2.64. The zero-order valence-electron chi connectivity index (χ0n) is 14.7. The molecular weight excluding hydrogens is 362 g/mol. The number of fused-ring (bicyclic) bond motifs is 3. The molecule has 7 heteroatoms.